The first-order chi connectivity index (χ1) is 7.04. The van der Waals surface area contributed by atoms with Crippen molar-refractivity contribution in [1.82, 2.24) is 0 Å². The molecule has 0 heterocycles. The van der Waals surface area contributed by atoms with Crippen molar-refractivity contribution in [2.75, 3.05) is 0 Å². The van der Waals surface area contributed by atoms with Crippen molar-refractivity contribution in [2.45, 2.75) is 46.0 Å². The first-order valence-corrected chi connectivity index (χ1v) is 5.50. The van der Waals surface area contributed by atoms with Crippen LogP contribution in [0.25, 0.3) is 0 Å². The highest BCUT2D eigenvalue weighted by molar-refractivity contribution is 5.78. The fourth-order valence-electron chi connectivity index (χ4n) is 1.02. The molecule has 2 heteroatoms. The van der Waals surface area contributed by atoms with E-state index in [0.29, 0.717) is 0 Å². The van der Waals surface area contributed by atoms with Gasteiger partial charge in [0.05, 0.1) is 0 Å². The van der Waals surface area contributed by atoms with Crippen molar-refractivity contribution in [3.63, 3.8) is 0 Å². The molecule has 0 rings (SSSR count). The molecule has 0 unspecified atom stereocenters. The van der Waals surface area contributed by atoms with Gasteiger partial charge < -0.3 is 5.11 Å². The van der Waals surface area contributed by atoms with Gasteiger partial charge in [-0.2, -0.15) is 0 Å². The molecule has 0 radical (unpaired) electrons. The molecule has 0 bridgehead atoms. The third-order valence-electron chi connectivity index (χ3n) is 1.86. The average Bonchev–Trinajstić information content (AvgIpc) is 2.18. The zero-order valence-electron chi connectivity index (χ0n) is 10.0. The molecule has 0 saturated heterocycles. The molecular weight excluding hydrogens is 188 g/mol. The molecule has 1 N–H and O–H groups in total. The molecule has 0 aromatic rings. The lowest BCUT2D eigenvalue weighted by molar-refractivity contribution is -0.131. The number of rotatable bonds is 7. The van der Waals surface area contributed by atoms with E-state index < -0.39 is 5.97 Å². The van der Waals surface area contributed by atoms with Gasteiger partial charge in [0.2, 0.25) is 0 Å². The summed E-state index contributed by atoms with van der Waals surface area (Å²) in [5, 5.41) is 7.60. The van der Waals surface area contributed by atoms with Crippen molar-refractivity contribution in [3.05, 3.63) is 25.3 Å². The van der Waals surface area contributed by atoms with E-state index in [1.807, 2.05) is 6.08 Å². The lowest BCUT2D eigenvalue weighted by atomic mass is 10.0. The first kappa shape index (κ1) is 16.4. The van der Waals surface area contributed by atoms with Crippen LogP contribution in [-0.2, 0) is 4.79 Å². The first-order valence-electron chi connectivity index (χ1n) is 5.50. The minimum absolute atomic E-state index is 0.833. The Morgan fingerprint density at radius 1 is 1.27 bits per heavy atom. The summed E-state index contributed by atoms with van der Waals surface area (Å²) in [7, 11) is 0. The summed E-state index contributed by atoms with van der Waals surface area (Å²) in [5.74, 6) is -0.103. The van der Waals surface area contributed by atoms with E-state index in [2.05, 4.69) is 27.0 Å². The molecule has 0 aliphatic carbocycles. The summed E-state index contributed by atoms with van der Waals surface area (Å²) in [6.45, 7) is 11.2. The van der Waals surface area contributed by atoms with E-state index >= 15 is 0 Å². The lowest BCUT2D eigenvalue weighted by Gasteiger charge is -2.02. The van der Waals surface area contributed by atoms with Crippen LogP contribution in [0, 0.1) is 5.92 Å². The van der Waals surface area contributed by atoms with Crippen LogP contribution in [0.4, 0.5) is 0 Å². The number of carbonyl (C=O) groups is 1. The van der Waals surface area contributed by atoms with Gasteiger partial charge in [0.1, 0.15) is 0 Å². The summed E-state index contributed by atoms with van der Waals surface area (Å²) in [5.41, 5.74) is 0. The minimum atomic E-state index is -0.981. The molecule has 0 saturated carbocycles. The lowest BCUT2D eigenvalue weighted by Crippen LogP contribution is -1.86. The van der Waals surface area contributed by atoms with E-state index in [0.717, 1.165) is 12.0 Å². The third kappa shape index (κ3) is 24.6. The molecule has 15 heavy (non-hydrogen) atoms. The highest BCUT2D eigenvalue weighted by Crippen LogP contribution is 2.09. The van der Waals surface area contributed by atoms with E-state index in [9.17, 15) is 4.79 Å². The topological polar surface area (TPSA) is 37.3 Å². The van der Waals surface area contributed by atoms with Crippen molar-refractivity contribution < 1.29 is 9.90 Å². The standard InChI is InChI=1S/C10H20.C3H4O2/c1-4-5-6-7-8-9-10(2)3;1-2-3(4)5/h4,10H,1,5-9H2,2-3H3;2H,1H2,(H,4,5). The highest BCUT2D eigenvalue weighted by Gasteiger charge is 1.92. The van der Waals surface area contributed by atoms with Crippen LogP contribution in [0.1, 0.15) is 46.0 Å². The summed E-state index contributed by atoms with van der Waals surface area (Å²) in [6.07, 6.45) is 9.52. The van der Waals surface area contributed by atoms with Crippen LogP contribution in [0.15, 0.2) is 25.3 Å². The number of hydrogen-bond acceptors (Lipinski definition) is 1. The Kier molecular flexibility index (Phi) is 14.1. The minimum Gasteiger partial charge on any atom is -0.478 e. The SMILES string of the molecule is C=CC(=O)O.C=CCCCCCC(C)C. The predicted octanol–water partition coefficient (Wildman–Crippen LogP) is 4.04. The van der Waals surface area contributed by atoms with Gasteiger partial charge in [-0.1, -0.05) is 45.8 Å². The molecule has 0 aliphatic rings. The maximum Gasteiger partial charge on any atom is 0.327 e. The molecule has 0 aromatic heterocycles. The molecule has 0 aromatic carbocycles. The smallest absolute Gasteiger partial charge is 0.327 e. The van der Waals surface area contributed by atoms with Gasteiger partial charge in [-0.3, -0.25) is 0 Å². The van der Waals surface area contributed by atoms with Crippen molar-refractivity contribution >= 4 is 5.97 Å². The van der Waals surface area contributed by atoms with E-state index in [1.165, 1.54) is 32.1 Å². The van der Waals surface area contributed by atoms with E-state index in [4.69, 9.17) is 5.11 Å². The fourth-order valence-corrected chi connectivity index (χ4v) is 1.02. The van der Waals surface area contributed by atoms with Gasteiger partial charge in [0.15, 0.2) is 0 Å². The number of carboxylic acid groups (broad SMARTS) is 1. The van der Waals surface area contributed by atoms with Gasteiger partial charge in [-0.05, 0) is 18.8 Å². The second-order valence-corrected chi connectivity index (χ2v) is 3.86. The summed E-state index contributed by atoms with van der Waals surface area (Å²) >= 11 is 0. The van der Waals surface area contributed by atoms with Gasteiger partial charge in [-0.15, -0.1) is 6.58 Å². The molecule has 88 valence electrons. The maximum absolute atomic E-state index is 9.25. The van der Waals surface area contributed by atoms with Crippen LogP contribution in [0.3, 0.4) is 0 Å². The fraction of sp³-hybridized carbons (Fsp3) is 0.615. The molecule has 2 nitrogen and oxygen atoms in total. The number of hydrogen-bond donors (Lipinski definition) is 1. The molecule has 0 fully saturated rings. The molecule has 0 amide bonds. The highest BCUT2D eigenvalue weighted by atomic mass is 16.4. The predicted molar refractivity (Wildman–Crippen MR) is 66.0 cm³/mol. The number of unbranched alkanes of at least 4 members (excludes halogenated alkanes) is 3. The maximum atomic E-state index is 9.25. The van der Waals surface area contributed by atoms with E-state index in [1.54, 1.807) is 0 Å². The van der Waals surface area contributed by atoms with Crippen molar-refractivity contribution in [3.8, 4) is 0 Å². The van der Waals surface area contributed by atoms with Crippen LogP contribution in [0.2, 0.25) is 0 Å². The Hall–Kier alpha value is -1.05. The van der Waals surface area contributed by atoms with Crippen LogP contribution in [0.5, 0.6) is 0 Å². The van der Waals surface area contributed by atoms with Crippen LogP contribution < -0.4 is 0 Å². The van der Waals surface area contributed by atoms with Crippen LogP contribution in [-0.4, -0.2) is 11.1 Å². The van der Waals surface area contributed by atoms with Crippen molar-refractivity contribution in [1.29, 1.82) is 0 Å². The molecular formula is C13H24O2. The largest absolute Gasteiger partial charge is 0.478 e. The molecule has 0 spiro atoms. The quantitative estimate of drug-likeness (QED) is 0.393. The van der Waals surface area contributed by atoms with Gasteiger partial charge >= 0.3 is 5.97 Å². The molecule has 0 aliphatic heterocycles. The number of carboxylic acids is 1. The summed E-state index contributed by atoms with van der Waals surface area (Å²) in [6, 6.07) is 0. The Labute approximate surface area is 93.7 Å². The van der Waals surface area contributed by atoms with E-state index in [-0.39, 0.29) is 0 Å². The Morgan fingerprint density at radius 2 is 1.80 bits per heavy atom. The zero-order chi connectivity index (χ0) is 12.1. The number of aliphatic carboxylic acids is 1. The summed E-state index contributed by atoms with van der Waals surface area (Å²) < 4.78 is 0. The Bertz CT molecular complexity index is 171. The average molecular weight is 212 g/mol. The van der Waals surface area contributed by atoms with Gasteiger partial charge in [0, 0.05) is 6.08 Å². The van der Waals surface area contributed by atoms with Gasteiger partial charge in [-0.25, -0.2) is 4.79 Å². The zero-order valence-corrected chi connectivity index (χ0v) is 10.0. The Morgan fingerprint density at radius 3 is 2.13 bits per heavy atom. The third-order valence-corrected chi connectivity index (χ3v) is 1.86. The molecule has 0 atom stereocenters. The van der Waals surface area contributed by atoms with Crippen molar-refractivity contribution in [2.24, 2.45) is 5.92 Å². The summed E-state index contributed by atoms with van der Waals surface area (Å²) in [4.78, 5) is 9.25. The monoisotopic (exact) mass is 212 g/mol. The normalized spacial score (nSPS) is 9.00. The van der Waals surface area contributed by atoms with Crippen LogP contribution >= 0.6 is 0 Å². The second kappa shape index (κ2) is 12.9. The second-order valence-electron chi connectivity index (χ2n) is 3.86. The van der Waals surface area contributed by atoms with Gasteiger partial charge in [0.25, 0.3) is 0 Å². The Balaban J connectivity index is 0. The number of allylic oxidation sites excluding steroid dienone is 1.